The Morgan fingerprint density at radius 2 is 1.62 bits per heavy atom. The van der Waals surface area contributed by atoms with E-state index in [9.17, 15) is 0 Å². The van der Waals surface area contributed by atoms with Gasteiger partial charge in [-0.25, -0.2) is 4.68 Å². The summed E-state index contributed by atoms with van der Waals surface area (Å²) in [7, 11) is 0. The lowest BCUT2D eigenvalue weighted by molar-refractivity contribution is 0.808. The number of benzene rings is 2. The fourth-order valence-electron chi connectivity index (χ4n) is 2.78. The van der Waals surface area contributed by atoms with Gasteiger partial charge in [0.25, 0.3) is 0 Å². The minimum Gasteiger partial charge on any atom is -0.285 e. The fourth-order valence-corrected chi connectivity index (χ4v) is 3.52. The fraction of sp³-hybridized carbons (Fsp3) is 0.0526. The largest absolute Gasteiger partial charge is 0.285 e. The first kappa shape index (κ1) is 14.8. The van der Waals surface area contributed by atoms with E-state index in [0.29, 0.717) is 0 Å². The summed E-state index contributed by atoms with van der Waals surface area (Å²) in [6.07, 6.45) is 5.84. The molecule has 24 heavy (non-hydrogen) atoms. The van der Waals surface area contributed by atoms with Crippen LogP contribution in [0.1, 0.15) is 0 Å². The minimum absolute atomic E-state index is 0.963. The zero-order valence-corrected chi connectivity index (χ0v) is 14.0. The maximum absolute atomic E-state index is 4.93. The second-order valence-electron chi connectivity index (χ2n) is 5.33. The Morgan fingerprint density at radius 1 is 0.917 bits per heavy atom. The predicted octanol–water partition coefficient (Wildman–Crippen LogP) is 4.65. The highest BCUT2D eigenvalue weighted by Crippen LogP contribution is 2.39. The van der Waals surface area contributed by atoms with Crippen LogP contribution in [-0.4, -0.2) is 26.2 Å². The molecule has 0 aliphatic rings. The van der Waals surface area contributed by atoms with Crippen molar-refractivity contribution in [3.63, 3.8) is 0 Å². The van der Waals surface area contributed by atoms with Gasteiger partial charge in [0.15, 0.2) is 0 Å². The molecule has 0 amide bonds. The van der Waals surface area contributed by atoms with E-state index in [0.717, 1.165) is 33.1 Å². The first-order valence-corrected chi connectivity index (χ1v) is 8.88. The van der Waals surface area contributed by atoms with Gasteiger partial charge in [0.2, 0.25) is 0 Å². The molecule has 2 aromatic carbocycles. The third-order valence-corrected chi connectivity index (χ3v) is 4.64. The van der Waals surface area contributed by atoms with E-state index in [4.69, 9.17) is 5.10 Å². The van der Waals surface area contributed by atoms with Crippen LogP contribution < -0.4 is 0 Å². The average Bonchev–Trinajstić information content (AvgIpc) is 3.30. The number of nitrogens with zero attached hydrogens (tertiary/aromatic N) is 3. The molecule has 0 unspecified atom stereocenters. The minimum atomic E-state index is 0.963. The zero-order chi connectivity index (χ0) is 16.4. The number of rotatable bonds is 4. The summed E-state index contributed by atoms with van der Waals surface area (Å²) >= 11 is 1.69. The van der Waals surface area contributed by atoms with Crippen molar-refractivity contribution >= 4 is 11.8 Å². The monoisotopic (exact) mass is 332 g/mol. The molecule has 0 saturated carbocycles. The van der Waals surface area contributed by atoms with Crippen LogP contribution in [0.3, 0.4) is 0 Å². The number of nitrogens with one attached hydrogen (secondary N) is 1. The van der Waals surface area contributed by atoms with Crippen molar-refractivity contribution < 1.29 is 0 Å². The highest BCUT2D eigenvalue weighted by Gasteiger charge is 2.21. The van der Waals surface area contributed by atoms with E-state index in [2.05, 4.69) is 40.7 Å². The lowest BCUT2D eigenvalue weighted by atomic mass is 10.0. The third-order valence-electron chi connectivity index (χ3n) is 3.87. The van der Waals surface area contributed by atoms with Gasteiger partial charge in [0.1, 0.15) is 10.7 Å². The van der Waals surface area contributed by atoms with Crippen LogP contribution >= 0.6 is 11.8 Å². The molecule has 0 fully saturated rings. The molecule has 0 aliphatic heterocycles. The molecule has 0 atom stereocenters. The molecule has 0 bridgehead atoms. The molecule has 4 nitrogen and oxygen atoms in total. The number of aromatic amines is 1. The topological polar surface area (TPSA) is 46.5 Å². The van der Waals surface area contributed by atoms with Crippen molar-refractivity contribution in [2.75, 3.05) is 6.26 Å². The Bertz CT molecular complexity index is 928. The van der Waals surface area contributed by atoms with Crippen molar-refractivity contribution in [2.24, 2.45) is 0 Å². The molecule has 4 aromatic rings. The molecule has 118 valence electrons. The quantitative estimate of drug-likeness (QED) is 0.553. The van der Waals surface area contributed by atoms with Crippen molar-refractivity contribution in [1.29, 1.82) is 0 Å². The Kier molecular flexibility index (Phi) is 3.92. The van der Waals surface area contributed by atoms with Crippen LogP contribution in [0.2, 0.25) is 0 Å². The molecule has 0 aliphatic carbocycles. The third kappa shape index (κ3) is 2.53. The summed E-state index contributed by atoms with van der Waals surface area (Å²) in [5, 5.41) is 13.1. The second-order valence-corrected chi connectivity index (χ2v) is 6.13. The van der Waals surface area contributed by atoms with Gasteiger partial charge in [-0.15, -0.1) is 11.8 Å². The summed E-state index contributed by atoms with van der Waals surface area (Å²) in [4.78, 5) is 0. The lowest BCUT2D eigenvalue weighted by Crippen LogP contribution is -1.97. The Morgan fingerprint density at radius 3 is 2.25 bits per heavy atom. The Labute approximate surface area is 144 Å². The number of hydrogen-bond donors (Lipinski definition) is 1. The number of hydrogen-bond acceptors (Lipinski definition) is 3. The number of H-pyrrole nitrogens is 1. The average molecular weight is 332 g/mol. The van der Waals surface area contributed by atoms with Crippen molar-refractivity contribution in [3.8, 4) is 28.1 Å². The summed E-state index contributed by atoms with van der Waals surface area (Å²) in [6, 6.07) is 20.5. The van der Waals surface area contributed by atoms with Gasteiger partial charge in [-0.3, -0.25) is 5.10 Å². The van der Waals surface area contributed by atoms with Gasteiger partial charge >= 0.3 is 0 Å². The predicted molar refractivity (Wildman–Crippen MR) is 98.4 cm³/mol. The van der Waals surface area contributed by atoms with Crippen LogP contribution in [0.15, 0.2) is 78.1 Å². The molecule has 0 saturated heterocycles. The molecule has 2 aromatic heterocycles. The van der Waals surface area contributed by atoms with Crippen LogP contribution in [0.5, 0.6) is 0 Å². The van der Waals surface area contributed by atoms with Gasteiger partial charge in [-0.2, -0.15) is 10.2 Å². The number of para-hydroxylation sites is 1. The van der Waals surface area contributed by atoms with Gasteiger partial charge in [-0.05, 0) is 18.4 Å². The number of aromatic nitrogens is 4. The van der Waals surface area contributed by atoms with Crippen molar-refractivity contribution in [1.82, 2.24) is 20.0 Å². The summed E-state index contributed by atoms with van der Waals surface area (Å²) < 4.78 is 2.01. The van der Waals surface area contributed by atoms with Crippen molar-refractivity contribution in [3.05, 3.63) is 73.1 Å². The first-order chi connectivity index (χ1) is 11.9. The van der Waals surface area contributed by atoms with Crippen molar-refractivity contribution in [2.45, 2.75) is 5.03 Å². The lowest BCUT2D eigenvalue weighted by Gasteiger charge is -2.06. The highest BCUT2D eigenvalue weighted by atomic mass is 32.2. The van der Waals surface area contributed by atoms with Crippen LogP contribution in [-0.2, 0) is 0 Å². The van der Waals surface area contributed by atoms with Crippen LogP contribution in [0.25, 0.3) is 28.1 Å². The van der Waals surface area contributed by atoms with Gasteiger partial charge < -0.3 is 0 Å². The maximum atomic E-state index is 4.93. The van der Waals surface area contributed by atoms with E-state index in [1.165, 1.54) is 0 Å². The second kappa shape index (κ2) is 6.37. The first-order valence-electron chi connectivity index (χ1n) is 7.65. The van der Waals surface area contributed by atoms with Gasteiger partial charge in [-0.1, -0.05) is 48.5 Å². The molecule has 0 radical (unpaired) electrons. The summed E-state index contributed by atoms with van der Waals surface area (Å²) in [6.45, 7) is 0. The zero-order valence-electron chi connectivity index (χ0n) is 13.2. The van der Waals surface area contributed by atoms with E-state index < -0.39 is 0 Å². The summed E-state index contributed by atoms with van der Waals surface area (Å²) in [5.41, 5.74) is 5.25. The SMILES string of the molecule is CSc1c(-c2cn[nH]c2)c(-c2ccccc2)nn1-c1ccccc1. The molecular formula is C19H16N4S. The van der Waals surface area contributed by atoms with E-state index in [1.807, 2.05) is 53.5 Å². The Hall–Kier alpha value is -2.79. The molecule has 2 heterocycles. The van der Waals surface area contributed by atoms with Crippen LogP contribution in [0.4, 0.5) is 0 Å². The van der Waals surface area contributed by atoms with Gasteiger partial charge in [0, 0.05) is 22.9 Å². The normalized spacial score (nSPS) is 10.9. The maximum Gasteiger partial charge on any atom is 0.108 e. The van der Waals surface area contributed by atoms with E-state index in [1.54, 1.807) is 11.8 Å². The standard InChI is InChI=1S/C19H16N4S/c1-24-19-17(15-12-20-21-13-15)18(14-8-4-2-5-9-14)22-23(19)16-10-6-3-7-11-16/h2-13H,1H3,(H,20,21). The molecular weight excluding hydrogens is 316 g/mol. The highest BCUT2D eigenvalue weighted by molar-refractivity contribution is 7.98. The molecule has 4 rings (SSSR count). The van der Waals surface area contributed by atoms with E-state index >= 15 is 0 Å². The van der Waals surface area contributed by atoms with Gasteiger partial charge in [0.05, 0.1) is 11.9 Å². The molecule has 5 heteroatoms. The van der Waals surface area contributed by atoms with E-state index in [-0.39, 0.29) is 0 Å². The Balaban J connectivity index is 2.01. The molecule has 1 N–H and O–H groups in total. The summed E-state index contributed by atoms with van der Waals surface area (Å²) in [5.74, 6) is 0. The van der Waals surface area contributed by atoms with Crippen LogP contribution in [0, 0.1) is 0 Å². The molecule has 0 spiro atoms. The number of thioether (sulfide) groups is 1. The smallest absolute Gasteiger partial charge is 0.108 e.